The summed E-state index contributed by atoms with van der Waals surface area (Å²) < 4.78 is 6.58. The molecule has 0 N–H and O–H groups in total. The molecule has 3 rings (SSSR count). The first-order valence-corrected chi connectivity index (χ1v) is 9.51. The number of pyridine rings is 1. The molecule has 1 aliphatic heterocycles. The number of piperazine rings is 1. The molecule has 1 amide bonds. The largest absolute Gasteiger partial charge is 0.493 e. The van der Waals surface area contributed by atoms with Gasteiger partial charge in [0.2, 0.25) is 5.91 Å². The van der Waals surface area contributed by atoms with Crippen LogP contribution < -0.4 is 9.64 Å². The van der Waals surface area contributed by atoms with Crippen molar-refractivity contribution in [2.24, 2.45) is 0 Å². The Bertz CT molecular complexity index is 772. The molecule has 26 heavy (non-hydrogen) atoms. The summed E-state index contributed by atoms with van der Waals surface area (Å²) in [6.07, 6.45) is 7.05. The average Bonchev–Trinajstić information content (AvgIpc) is 2.69. The zero-order chi connectivity index (χ0) is 18.4. The fourth-order valence-corrected chi connectivity index (χ4v) is 3.32. The summed E-state index contributed by atoms with van der Waals surface area (Å²) in [6.45, 7) is 5.61. The van der Waals surface area contributed by atoms with Gasteiger partial charge in [0, 0.05) is 60.4 Å². The van der Waals surface area contributed by atoms with Crippen molar-refractivity contribution < 1.29 is 9.53 Å². The van der Waals surface area contributed by atoms with Crippen molar-refractivity contribution in [3.8, 4) is 5.75 Å². The molecule has 1 aromatic carbocycles. The lowest BCUT2D eigenvalue weighted by Gasteiger charge is -2.35. The fourth-order valence-electron chi connectivity index (χ4n) is 2.94. The first kappa shape index (κ1) is 18.5. The zero-order valence-electron chi connectivity index (χ0n) is 14.8. The SMILES string of the molecule is CCOc1ccc(Br)cc1/C=C/C(=O)N1CCN(c2ccncc2)CC1. The van der Waals surface area contributed by atoms with Crippen LogP contribution in [0.2, 0.25) is 0 Å². The Balaban J connectivity index is 1.61. The highest BCUT2D eigenvalue weighted by molar-refractivity contribution is 9.10. The van der Waals surface area contributed by atoms with Gasteiger partial charge in [-0.3, -0.25) is 9.78 Å². The summed E-state index contributed by atoms with van der Waals surface area (Å²) in [4.78, 5) is 20.7. The Morgan fingerprint density at radius 2 is 1.92 bits per heavy atom. The van der Waals surface area contributed by atoms with E-state index in [1.54, 1.807) is 18.5 Å². The van der Waals surface area contributed by atoms with Gasteiger partial charge in [-0.25, -0.2) is 0 Å². The molecule has 136 valence electrons. The van der Waals surface area contributed by atoms with Crippen LogP contribution in [0.4, 0.5) is 5.69 Å². The highest BCUT2D eigenvalue weighted by Crippen LogP contribution is 2.24. The quantitative estimate of drug-likeness (QED) is 0.699. The van der Waals surface area contributed by atoms with Crippen molar-refractivity contribution in [3.63, 3.8) is 0 Å². The maximum atomic E-state index is 12.5. The molecule has 5 nitrogen and oxygen atoms in total. The van der Waals surface area contributed by atoms with Gasteiger partial charge in [0.05, 0.1) is 6.61 Å². The van der Waals surface area contributed by atoms with Crippen molar-refractivity contribution in [1.29, 1.82) is 0 Å². The van der Waals surface area contributed by atoms with Gasteiger partial charge < -0.3 is 14.5 Å². The lowest BCUT2D eigenvalue weighted by Crippen LogP contribution is -2.48. The monoisotopic (exact) mass is 415 g/mol. The number of amides is 1. The Morgan fingerprint density at radius 1 is 1.19 bits per heavy atom. The van der Waals surface area contributed by atoms with E-state index in [1.807, 2.05) is 48.2 Å². The van der Waals surface area contributed by atoms with Crippen LogP contribution in [0.5, 0.6) is 5.75 Å². The summed E-state index contributed by atoms with van der Waals surface area (Å²) in [7, 11) is 0. The highest BCUT2D eigenvalue weighted by atomic mass is 79.9. The van der Waals surface area contributed by atoms with Crippen molar-refractivity contribution in [2.45, 2.75) is 6.92 Å². The van der Waals surface area contributed by atoms with E-state index in [2.05, 4.69) is 25.8 Å². The molecule has 6 heteroatoms. The van der Waals surface area contributed by atoms with E-state index in [0.717, 1.165) is 34.6 Å². The van der Waals surface area contributed by atoms with Crippen LogP contribution in [0.25, 0.3) is 6.08 Å². The highest BCUT2D eigenvalue weighted by Gasteiger charge is 2.19. The smallest absolute Gasteiger partial charge is 0.246 e. The predicted molar refractivity (Wildman–Crippen MR) is 107 cm³/mol. The van der Waals surface area contributed by atoms with Crippen molar-refractivity contribution in [1.82, 2.24) is 9.88 Å². The number of anilines is 1. The Hall–Kier alpha value is -2.34. The van der Waals surface area contributed by atoms with Crippen LogP contribution in [-0.4, -0.2) is 48.6 Å². The van der Waals surface area contributed by atoms with Gasteiger partial charge in [-0.1, -0.05) is 15.9 Å². The molecule has 1 aromatic heterocycles. The molecular formula is C20H22BrN3O2. The van der Waals surface area contributed by atoms with Gasteiger partial charge in [-0.05, 0) is 43.3 Å². The average molecular weight is 416 g/mol. The molecule has 2 aromatic rings. The summed E-state index contributed by atoms with van der Waals surface area (Å²) >= 11 is 3.47. The molecule has 0 saturated carbocycles. The number of carbonyl (C=O) groups excluding carboxylic acids is 1. The van der Waals surface area contributed by atoms with Gasteiger partial charge in [0.15, 0.2) is 0 Å². The molecule has 0 aliphatic carbocycles. The van der Waals surface area contributed by atoms with E-state index in [9.17, 15) is 4.79 Å². The molecule has 0 radical (unpaired) electrons. The third kappa shape index (κ3) is 4.64. The first-order chi connectivity index (χ1) is 12.7. The number of rotatable bonds is 5. The molecule has 0 spiro atoms. The second-order valence-corrected chi connectivity index (χ2v) is 6.88. The molecule has 2 heterocycles. The molecule has 1 fully saturated rings. The minimum absolute atomic E-state index is 0.0294. The molecule has 1 saturated heterocycles. The maximum absolute atomic E-state index is 12.5. The third-order valence-electron chi connectivity index (χ3n) is 4.30. The van der Waals surface area contributed by atoms with Crippen molar-refractivity contribution >= 4 is 33.6 Å². The van der Waals surface area contributed by atoms with Gasteiger partial charge in [0.1, 0.15) is 5.75 Å². The normalized spacial score (nSPS) is 14.7. The second-order valence-electron chi connectivity index (χ2n) is 5.97. The summed E-state index contributed by atoms with van der Waals surface area (Å²) in [5.74, 6) is 0.809. The Kier molecular flexibility index (Phi) is 6.28. The predicted octanol–water partition coefficient (Wildman–Crippen LogP) is 3.60. The minimum Gasteiger partial charge on any atom is -0.493 e. The minimum atomic E-state index is 0.0294. The number of nitrogens with zero attached hydrogens (tertiary/aromatic N) is 3. The number of ether oxygens (including phenoxy) is 1. The van der Waals surface area contributed by atoms with E-state index in [1.165, 1.54) is 0 Å². The van der Waals surface area contributed by atoms with Gasteiger partial charge >= 0.3 is 0 Å². The summed E-state index contributed by atoms with van der Waals surface area (Å²) in [5.41, 5.74) is 2.04. The molecule has 1 aliphatic rings. The molecular weight excluding hydrogens is 394 g/mol. The second kappa shape index (κ2) is 8.85. The number of aromatic nitrogens is 1. The van der Waals surface area contributed by atoms with Crippen molar-refractivity contribution in [3.05, 3.63) is 58.8 Å². The van der Waals surface area contributed by atoms with Crippen LogP contribution in [0.3, 0.4) is 0 Å². The molecule has 0 bridgehead atoms. The zero-order valence-corrected chi connectivity index (χ0v) is 16.4. The van der Waals surface area contributed by atoms with Gasteiger partial charge in [0.25, 0.3) is 0 Å². The Morgan fingerprint density at radius 3 is 2.62 bits per heavy atom. The van der Waals surface area contributed by atoms with Crippen LogP contribution >= 0.6 is 15.9 Å². The van der Waals surface area contributed by atoms with Crippen LogP contribution in [-0.2, 0) is 4.79 Å². The standard InChI is InChI=1S/C20H22BrN3O2/c1-2-26-19-5-4-17(21)15-16(19)3-6-20(25)24-13-11-23(12-14-24)18-7-9-22-10-8-18/h3-10,15H,2,11-14H2,1H3/b6-3+. The maximum Gasteiger partial charge on any atom is 0.246 e. The summed E-state index contributed by atoms with van der Waals surface area (Å²) in [6, 6.07) is 9.80. The van der Waals surface area contributed by atoms with Crippen LogP contribution in [0, 0.1) is 0 Å². The fraction of sp³-hybridized carbons (Fsp3) is 0.300. The number of hydrogen-bond donors (Lipinski definition) is 0. The number of halogens is 1. The third-order valence-corrected chi connectivity index (χ3v) is 4.79. The molecule has 0 unspecified atom stereocenters. The van der Waals surface area contributed by atoms with Crippen molar-refractivity contribution in [2.75, 3.05) is 37.7 Å². The van der Waals surface area contributed by atoms with E-state index in [-0.39, 0.29) is 5.91 Å². The topological polar surface area (TPSA) is 45.7 Å². The lowest BCUT2D eigenvalue weighted by atomic mass is 10.2. The Labute approximate surface area is 162 Å². The van der Waals surface area contributed by atoms with Crippen LogP contribution in [0.1, 0.15) is 12.5 Å². The van der Waals surface area contributed by atoms with E-state index in [4.69, 9.17) is 4.74 Å². The van der Waals surface area contributed by atoms with E-state index >= 15 is 0 Å². The molecule has 0 atom stereocenters. The van der Waals surface area contributed by atoms with Gasteiger partial charge in [-0.2, -0.15) is 0 Å². The number of hydrogen-bond acceptors (Lipinski definition) is 4. The number of benzene rings is 1. The lowest BCUT2D eigenvalue weighted by molar-refractivity contribution is -0.126. The number of carbonyl (C=O) groups is 1. The summed E-state index contributed by atoms with van der Waals surface area (Å²) in [5, 5.41) is 0. The van der Waals surface area contributed by atoms with Gasteiger partial charge in [-0.15, -0.1) is 0 Å². The van der Waals surface area contributed by atoms with Crippen LogP contribution in [0.15, 0.2) is 53.3 Å². The first-order valence-electron chi connectivity index (χ1n) is 8.71. The van der Waals surface area contributed by atoms with E-state index in [0.29, 0.717) is 19.7 Å². The van der Waals surface area contributed by atoms with E-state index < -0.39 is 0 Å².